The van der Waals surface area contributed by atoms with E-state index in [2.05, 4.69) is 36.3 Å². The molecule has 0 spiro atoms. The van der Waals surface area contributed by atoms with E-state index in [0.29, 0.717) is 29.2 Å². The van der Waals surface area contributed by atoms with E-state index in [9.17, 15) is 9.59 Å². The average Bonchev–Trinajstić information content (AvgIpc) is 2.65. The van der Waals surface area contributed by atoms with Gasteiger partial charge in [-0.05, 0) is 23.6 Å². The van der Waals surface area contributed by atoms with E-state index in [4.69, 9.17) is 5.73 Å². The van der Waals surface area contributed by atoms with Crippen LogP contribution in [0.4, 0.5) is 0 Å². The summed E-state index contributed by atoms with van der Waals surface area (Å²) < 4.78 is 1.36. The molecule has 0 bridgehead atoms. The Kier molecular flexibility index (Phi) is 5.66. The Labute approximate surface area is 158 Å². The highest BCUT2D eigenvalue weighted by atomic mass is 16.2. The van der Waals surface area contributed by atoms with Gasteiger partial charge >= 0.3 is 0 Å². The number of hydrogen-bond donors (Lipinski definition) is 2. The zero-order chi connectivity index (χ0) is 19.4. The molecule has 0 aliphatic rings. The number of nitrogens with two attached hydrogens (primary N) is 1. The first-order chi connectivity index (χ1) is 13.0. The molecule has 0 aliphatic heterocycles. The topological polar surface area (TPSA) is 90.0 Å². The van der Waals surface area contributed by atoms with Crippen LogP contribution < -0.4 is 16.6 Å². The van der Waals surface area contributed by atoms with Gasteiger partial charge in [0.15, 0.2) is 0 Å². The molecule has 1 heterocycles. The minimum atomic E-state index is -0.570. The second-order valence-corrected chi connectivity index (χ2v) is 6.92. The number of aromatic nitrogens is 2. The maximum atomic E-state index is 12.8. The number of fused-ring (bicyclic) bond motifs is 1. The Morgan fingerprint density at radius 1 is 1.11 bits per heavy atom. The van der Waals surface area contributed by atoms with Crippen LogP contribution in [0.5, 0.6) is 0 Å². The van der Waals surface area contributed by atoms with Crippen LogP contribution in [-0.2, 0) is 17.9 Å². The van der Waals surface area contributed by atoms with Crippen LogP contribution in [-0.4, -0.2) is 15.5 Å². The Balaban J connectivity index is 1.97. The van der Waals surface area contributed by atoms with Gasteiger partial charge in [0.1, 0.15) is 12.4 Å². The molecule has 0 radical (unpaired) electrons. The number of primary amides is 1. The maximum absolute atomic E-state index is 12.8. The normalized spacial score (nSPS) is 12.4. The first kappa shape index (κ1) is 18.8. The van der Waals surface area contributed by atoms with Crippen LogP contribution in [0.25, 0.3) is 10.9 Å². The van der Waals surface area contributed by atoms with Crippen molar-refractivity contribution in [2.75, 3.05) is 0 Å². The number of nitrogens with one attached hydrogen (secondary N) is 1. The van der Waals surface area contributed by atoms with Crippen molar-refractivity contribution in [2.45, 2.75) is 33.0 Å². The van der Waals surface area contributed by atoms with Crippen molar-refractivity contribution in [1.29, 1.82) is 0 Å². The smallest absolute Gasteiger partial charge is 0.261 e. The molecule has 0 aliphatic carbocycles. The number of carbonyl (C=O) groups excluding carboxylic acids is 1. The van der Waals surface area contributed by atoms with E-state index in [-0.39, 0.29) is 18.1 Å². The molecule has 0 fully saturated rings. The van der Waals surface area contributed by atoms with Gasteiger partial charge in [-0.2, -0.15) is 0 Å². The summed E-state index contributed by atoms with van der Waals surface area (Å²) in [6.45, 7) is 4.43. The Morgan fingerprint density at radius 2 is 1.78 bits per heavy atom. The number of hydrogen-bond acceptors (Lipinski definition) is 4. The van der Waals surface area contributed by atoms with Crippen LogP contribution in [0.3, 0.4) is 0 Å². The van der Waals surface area contributed by atoms with Gasteiger partial charge in [0.05, 0.1) is 17.4 Å². The fourth-order valence-corrected chi connectivity index (χ4v) is 3.27. The third-order valence-electron chi connectivity index (χ3n) is 4.56. The quantitative estimate of drug-likeness (QED) is 0.673. The van der Waals surface area contributed by atoms with Crippen LogP contribution in [0.2, 0.25) is 0 Å². The number of nitrogens with zero attached hydrogens (tertiary/aromatic N) is 2. The molecule has 0 saturated heterocycles. The minimum Gasteiger partial charge on any atom is -0.368 e. The van der Waals surface area contributed by atoms with Gasteiger partial charge in [-0.25, -0.2) is 4.98 Å². The highest BCUT2D eigenvalue weighted by Crippen LogP contribution is 2.21. The summed E-state index contributed by atoms with van der Waals surface area (Å²) in [6.07, 6.45) is 0. The molecule has 0 saturated carbocycles. The van der Waals surface area contributed by atoms with Crippen LogP contribution >= 0.6 is 0 Å². The predicted octanol–water partition coefficient (Wildman–Crippen LogP) is 2.37. The lowest BCUT2D eigenvalue weighted by Crippen LogP contribution is -2.34. The SMILES string of the molecule is CC(C)[C@H](NCc1nc2ccccc2c(=O)n1CC(N)=O)c1ccccc1. The average molecular weight is 364 g/mol. The minimum absolute atomic E-state index is 0.0941. The van der Waals surface area contributed by atoms with Crippen molar-refractivity contribution in [3.63, 3.8) is 0 Å². The second-order valence-electron chi connectivity index (χ2n) is 6.92. The lowest BCUT2D eigenvalue weighted by Gasteiger charge is -2.23. The largest absolute Gasteiger partial charge is 0.368 e. The molecule has 1 atom stereocenters. The number of amides is 1. The third kappa shape index (κ3) is 4.23. The lowest BCUT2D eigenvalue weighted by atomic mass is 9.96. The van der Waals surface area contributed by atoms with Gasteiger partial charge < -0.3 is 11.1 Å². The number of benzene rings is 2. The van der Waals surface area contributed by atoms with E-state index in [0.717, 1.165) is 5.56 Å². The van der Waals surface area contributed by atoms with Crippen molar-refractivity contribution < 1.29 is 4.79 Å². The van der Waals surface area contributed by atoms with E-state index in [1.54, 1.807) is 18.2 Å². The Morgan fingerprint density at radius 3 is 2.44 bits per heavy atom. The summed E-state index contributed by atoms with van der Waals surface area (Å²) >= 11 is 0. The molecule has 140 valence electrons. The highest BCUT2D eigenvalue weighted by molar-refractivity contribution is 5.78. The fourth-order valence-electron chi connectivity index (χ4n) is 3.27. The zero-order valence-electron chi connectivity index (χ0n) is 15.6. The summed E-state index contributed by atoms with van der Waals surface area (Å²) in [6, 6.07) is 17.4. The van der Waals surface area contributed by atoms with Crippen molar-refractivity contribution in [1.82, 2.24) is 14.9 Å². The van der Waals surface area contributed by atoms with E-state index in [1.165, 1.54) is 4.57 Å². The molecular formula is C21H24N4O2. The van der Waals surface area contributed by atoms with Gasteiger partial charge in [0, 0.05) is 6.04 Å². The highest BCUT2D eigenvalue weighted by Gasteiger charge is 2.18. The van der Waals surface area contributed by atoms with Crippen LogP contribution in [0.1, 0.15) is 31.3 Å². The van der Waals surface area contributed by atoms with Crippen molar-refractivity contribution in [2.24, 2.45) is 11.7 Å². The van der Waals surface area contributed by atoms with E-state index >= 15 is 0 Å². The summed E-state index contributed by atoms with van der Waals surface area (Å²) in [7, 11) is 0. The lowest BCUT2D eigenvalue weighted by molar-refractivity contribution is -0.118. The molecule has 3 N–H and O–H groups in total. The summed E-state index contributed by atoms with van der Waals surface area (Å²) in [5.41, 5.74) is 6.88. The molecule has 2 aromatic carbocycles. The van der Waals surface area contributed by atoms with E-state index < -0.39 is 5.91 Å². The van der Waals surface area contributed by atoms with Crippen molar-refractivity contribution >= 4 is 16.8 Å². The first-order valence-corrected chi connectivity index (χ1v) is 9.02. The summed E-state index contributed by atoms with van der Waals surface area (Å²) in [4.78, 5) is 28.9. The molecule has 0 unspecified atom stereocenters. The molecule has 6 nitrogen and oxygen atoms in total. The van der Waals surface area contributed by atoms with Crippen LogP contribution in [0, 0.1) is 5.92 Å². The number of rotatable bonds is 7. The van der Waals surface area contributed by atoms with Crippen molar-refractivity contribution in [3.8, 4) is 0 Å². The van der Waals surface area contributed by atoms with E-state index in [1.807, 2.05) is 24.3 Å². The number of para-hydroxylation sites is 1. The van der Waals surface area contributed by atoms with Crippen molar-refractivity contribution in [3.05, 3.63) is 76.3 Å². The maximum Gasteiger partial charge on any atom is 0.261 e. The predicted molar refractivity (Wildman–Crippen MR) is 106 cm³/mol. The second kappa shape index (κ2) is 8.14. The Bertz CT molecular complexity index is 996. The molecular weight excluding hydrogens is 340 g/mol. The summed E-state index contributed by atoms with van der Waals surface area (Å²) in [5, 5.41) is 3.96. The van der Waals surface area contributed by atoms with Gasteiger partial charge in [0.25, 0.3) is 5.56 Å². The molecule has 1 aromatic heterocycles. The third-order valence-corrected chi connectivity index (χ3v) is 4.56. The standard InChI is InChI=1S/C21H24N4O2/c1-14(2)20(15-8-4-3-5-9-15)23-12-19-24-17-11-7-6-10-16(17)21(27)25(19)13-18(22)26/h3-11,14,20,23H,12-13H2,1-2H3,(H2,22,26)/t20-/m0/s1. The molecule has 27 heavy (non-hydrogen) atoms. The molecule has 3 rings (SSSR count). The molecule has 3 aromatic rings. The summed E-state index contributed by atoms with van der Waals surface area (Å²) in [5.74, 6) is 0.266. The first-order valence-electron chi connectivity index (χ1n) is 9.02. The van der Waals surface area contributed by atoms with Gasteiger partial charge in [-0.15, -0.1) is 0 Å². The van der Waals surface area contributed by atoms with Crippen LogP contribution in [0.15, 0.2) is 59.4 Å². The zero-order valence-corrected chi connectivity index (χ0v) is 15.6. The monoisotopic (exact) mass is 364 g/mol. The Hall–Kier alpha value is -2.99. The molecule has 6 heteroatoms. The van der Waals surface area contributed by atoms with Gasteiger partial charge in [-0.1, -0.05) is 56.3 Å². The molecule has 1 amide bonds. The fraction of sp³-hybridized carbons (Fsp3) is 0.286. The van der Waals surface area contributed by atoms with Gasteiger partial charge in [0.2, 0.25) is 5.91 Å². The van der Waals surface area contributed by atoms with Gasteiger partial charge in [-0.3, -0.25) is 14.2 Å². The number of carbonyl (C=O) groups is 1.